The second-order valence-electron chi connectivity index (χ2n) is 16.0. The summed E-state index contributed by atoms with van der Waals surface area (Å²) in [5.41, 5.74) is 16.6. The van der Waals surface area contributed by atoms with Gasteiger partial charge in [0.2, 0.25) is 0 Å². The highest BCUT2D eigenvalue weighted by molar-refractivity contribution is 6.10. The van der Waals surface area contributed by atoms with Gasteiger partial charge < -0.3 is 4.74 Å². The highest BCUT2D eigenvalue weighted by Gasteiger charge is 2.55. The topological polar surface area (TPSA) is 58.9 Å². The molecule has 0 amide bonds. The molecule has 4 nitrogen and oxygen atoms in total. The third-order valence-corrected chi connectivity index (χ3v) is 12.6. The van der Waals surface area contributed by atoms with Crippen molar-refractivity contribution >= 4 is 17.4 Å². The average Bonchev–Trinajstić information content (AvgIpc) is 3.64. The van der Waals surface area contributed by atoms with Crippen molar-refractivity contribution < 1.29 is 4.74 Å². The molecule has 3 aliphatic rings. The first-order valence-corrected chi connectivity index (χ1v) is 21.1. The Labute approximate surface area is 362 Å². The van der Waals surface area contributed by atoms with E-state index in [2.05, 4.69) is 145 Å². The number of benzene rings is 6. The van der Waals surface area contributed by atoms with Gasteiger partial charge >= 0.3 is 0 Å². The smallest absolute Gasteiger partial charge is 0.125 e. The first kappa shape index (κ1) is 37.1. The highest BCUT2D eigenvalue weighted by Crippen LogP contribution is 2.62. The van der Waals surface area contributed by atoms with E-state index in [0.717, 1.165) is 56.0 Å². The molecule has 8 aromatic rings. The molecule has 1 spiro atoms. The lowest BCUT2D eigenvalue weighted by Gasteiger charge is -2.47. The lowest BCUT2D eigenvalue weighted by Crippen LogP contribution is -2.47. The first-order chi connectivity index (χ1) is 30.6. The molecule has 6 aromatic carbocycles. The maximum absolute atomic E-state index is 8.92. The minimum absolute atomic E-state index is 0.0732. The van der Waals surface area contributed by atoms with Crippen molar-refractivity contribution in [1.29, 1.82) is 5.41 Å². The van der Waals surface area contributed by atoms with Crippen LogP contribution in [0.15, 0.2) is 225 Å². The fraction of sp³-hybridized carbons (Fsp3) is 0.0517. The number of nitrogens with zero attached hydrogens (tertiary/aromatic N) is 2. The zero-order valence-electron chi connectivity index (χ0n) is 33.9. The molecule has 0 fully saturated rings. The number of hydrogen-bond acceptors (Lipinski definition) is 4. The van der Waals surface area contributed by atoms with Gasteiger partial charge in [-0.2, -0.15) is 0 Å². The van der Waals surface area contributed by atoms with Crippen molar-refractivity contribution in [3.63, 3.8) is 0 Å². The maximum atomic E-state index is 8.92. The summed E-state index contributed by atoms with van der Waals surface area (Å²) in [6.07, 6.45) is 18.2. The van der Waals surface area contributed by atoms with E-state index >= 15 is 0 Å². The van der Waals surface area contributed by atoms with Crippen LogP contribution in [0.1, 0.15) is 33.6 Å². The van der Waals surface area contributed by atoms with Gasteiger partial charge in [0.1, 0.15) is 11.9 Å². The number of rotatable bonds is 8. The second-order valence-corrected chi connectivity index (χ2v) is 16.0. The van der Waals surface area contributed by atoms with E-state index in [9.17, 15) is 0 Å². The molecule has 2 aliphatic carbocycles. The number of ether oxygens (including phenoxy) is 1. The number of allylic oxidation sites excluding steroid dienone is 5. The predicted octanol–water partition coefficient (Wildman–Crippen LogP) is 13.5. The molecule has 11 rings (SSSR count). The summed E-state index contributed by atoms with van der Waals surface area (Å²) in [4.78, 5) is 9.12. The minimum Gasteiger partial charge on any atom is -0.485 e. The largest absolute Gasteiger partial charge is 0.485 e. The fourth-order valence-electron chi connectivity index (χ4n) is 9.63. The molecule has 0 saturated heterocycles. The third kappa shape index (κ3) is 6.45. The van der Waals surface area contributed by atoms with E-state index in [1.54, 1.807) is 6.20 Å². The normalized spacial score (nSPS) is 16.6. The van der Waals surface area contributed by atoms with Gasteiger partial charge in [-0.25, -0.2) is 0 Å². The Hall–Kier alpha value is -7.95. The molecule has 62 heavy (non-hydrogen) atoms. The first-order valence-electron chi connectivity index (χ1n) is 21.1. The number of fused-ring (bicyclic) bond motifs is 9. The van der Waals surface area contributed by atoms with E-state index in [0.29, 0.717) is 11.4 Å². The van der Waals surface area contributed by atoms with Crippen LogP contribution in [0.5, 0.6) is 5.75 Å². The van der Waals surface area contributed by atoms with Crippen LogP contribution >= 0.6 is 0 Å². The van der Waals surface area contributed by atoms with Gasteiger partial charge in [-0.3, -0.25) is 15.4 Å². The quantitative estimate of drug-likeness (QED) is 0.123. The minimum atomic E-state index is -0.342. The summed E-state index contributed by atoms with van der Waals surface area (Å²) in [5, 5.41) is 8.92. The van der Waals surface area contributed by atoms with Crippen molar-refractivity contribution in [2.45, 2.75) is 11.5 Å². The van der Waals surface area contributed by atoms with Gasteiger partial charge in [0, 0.05) is 29.4 Å². The summed E-state index contributed by atoms with van der Waals surface area (Å²) in [6.45, 7) is 0. The van der Waals surface area contributed by atoms with Crippen LogP contribution < -0.4 is 4.74 Å². The van der Waals surface area contributed by atoms with Crippen LogP contribution in [-0.4, -0.2) is 21.8 Å². The van der Waals surface area contributed by atoms with Crippen LogP contribution in [0.25, 0.3) is 56.2 Å². The molecule has 1 N–H and O–H groups in total. The molecule has 0 radical (unpaired) electrons. The lowest BCUT2D eigenvalue weighted by molar-refractivity contribution is 0.141. The molecule has 2 aromatic heterocycles. The number of pyridine rings is 2. The molecular weight excluding hydrogens is 755 g/mol. The van der Waals surface area contributed by atoms with Crippen molar-refractivity contribution in [3.8, 4) is 50.3 Å². The molecule has 2 atom stereocenters. The van der Waals surface area contributed by atoms with Gasteiger partial charge in [-0.1, -0.05) is 176 Å². The Bertz CT molecular complexity index is 3040. The fourth-order valence-corrected chi connectivity index (χ4v) is 9.63. The van der Waals surface area contributed by atoms with Gasteiger partial charge in [0.25, 0.3) is 0 Å². The zero-order chi connectivity index (χ0) is 41.5. The van der Waals surface area contributed by atoms with E-state index in [4.69, 9.17) is 15.1 Å². The second kappa shape index (κ2) is 15.6. The van der Waals surface area contributed by atoms with E-state index < -0.39 is 0 Å². The molecular formula is C58H41N3O. The SMILES string of the molecule is N=C(/C=C(\C=C\c1ccccn1)c1ccccc1)c1ccc(-c2ccc(-c3ccc(-c4ccc5c(c4)OC4C=CC=CC4C54c5ccccc5-c5ccccc54)cc3)cc2)cn1. The summed E-state index contributed by atoms with van der Waals surface area (Å²) in [6, 6.07) is 62.0. The predicted molar refractivity (Wildman–Crippen MR) is 253 cm³/mol. The van der Waals surface area contributed by atoms with Crippen LogP contribution in [0.3, 0.4) is 0 Å². The average molecular weight is 796 g/mol. The van der Waals surface area contributed by atoms with Crippen molar-refractivity contribution in [3.05, 3.63) is 258 Å². The maximum Gasteiger partial charge on any atom is 0.125 e. The van der Waals surface area contributed by atoms with Crippen molar-refractivity contribution in [1.82, 2.24) is 9.97 Å². The van der Waals surface area contributed by atoms with Gasteiger partial charge in [0.05, 0.1) is 22.5 Å². The summed E-state index contributed by atoms with van der Waals surface area (Å²) < 4.78 is 6.87. The molecule has 294 valence electrons. The highest BCUT2D eigenvalue weighted by atomic mass is 16.5. The Morgan fingerprint density at radius 1 is 0.548 bits per heavy atom. The molecule has 0 bridgehead atoms. The molecule has 4 heteroatoms. The Balaban J connectivity index is 0.832. The Morgan fingerprint density at radius 3 is 1.81 bits per heavy atom. The zero-order valence-corrected chi connectivity index (χ0v) is 33.9. The molecule has 2 unspecified atom stereocenters. The Kier molecular flexibility index (Phi) is 9.32. The number of hydrogen-bond donors (Lipinski definition) is 1. The van der Waals surface area contributed by atoms with Gasteiger partial charge in [-0.15, -0.1) is 0 Å². The molecule has 0 saturated carbocycles. The molecule has 3 heterocycles. The van der Waals surface area contributed by atoms with Crippen molar-refractivity contribution in [2.75, 3.05) is 0 Å². The van der Waals surface area contributed by atoms with Gasteiger partial charge in [-0.05, 0) is 104 Å². The number of aromatic nitrogens is 2. The van der Waals surface area contributed by atoms with Crippen LogP contribution in [0.2, 0.25) is 0 Å². The van der Waals surface area contributed by atoms with Gasteiger partial charge in [0.15, 0.2) is 0 Å². The molecule has 1 aliphatic heterocycles. The van der Waals surface area contributed by atoms with E-state index in [-0.39, 0.29) is 17.4 Å². The number of nitrogens with one attached hydrogen (secondary N) is 1. The van der Waals surface area contributed by atoms with Crippen LogP contribution in [0.4, 0.5) is 0 Å². The van der Waals surface area contributed by atoms with Crippen LogP contribution in [-0.2, 0) is 5.41 Å². The van der Waals surface area contributed by atoms with Crippen molar-refractivity contribution in [2.24, 2.45) is 5.92 Å². The van der Waals surface area contributed by atoms with E-state index in [1.165, 1.54) is 27.8 Å². The van der Waals surface area contributed by atoms with Crippen LogP contribution in [0, 0.1) is 11.3 Å². The summed E-state index contributed by atoms with van der Waals surface area (Å²) >= 11 is 0. The van der Waals surface area contributed by atoms with E-state index in [1.807, 2.05) is 85.1 Å². The summed E-state index contributed by atoms with van der Waals surface area (Å²) in [7, 11) is 0. The standard InChI is InChI=1S/C58H41N3O/c59-54(36-44(39-12-2-1-3-13-39)29-32-47-14-10-11-35-60-47)55-34-31-46(38-61-55)43-27-23-41(24-28-43)40-21-25-42(26-22-40)45-30-33-53-57(37-45)62-56-20-9-8-19-52(56)58(53)50-17-6-4-15-48(50)49-16-5-7-18-51(49)58/h1-38,52,56,59H/b32-29+,44-36+,59-54?. The Morgan fingerprint density at radius 2 is 1.15 bits per heavy atom. The monoisotopic (exact) mass is 795 g/mol. The lowest BCUT2D eigenvalue weighted by atomic mass is 9.60. The summed E-state index contributed by atoms with van der Waals surface area (Å²) in [5.74, 6) is 1.08. The third-order valence-electron chi connectivity index (χ3n) is 12.6.